The predicted molar refractivity (Wildman–Crippen MR) is 50.1 cm³/mol. The van der Waals surface area contributed by atoms with Crippen molar-refractivity contribution in [2.45, 2.75) is 38.8 Å². The van der Waals surface area contributed by atoms with E-state index in [0.29, 0.717) is 0 Å². The molecule has 0 aromatic carbocycles. The molecule has 0 bridgehead atoms. The van der Waals surface area contributed by atoms with E-state index in [-0.39, 0.29) is 0 Å². The van der Waals surface area contributed by atoms with Gasteiger partial charge in [0.2, 0.25) is 0 Å². The Morgan fingerprint density at radius 3 is 1.33 bits per heavy atom. The quantitative estimate of drug-likeness (QED) is 0.589. The first-order valence-electron chi connectivity index (χ1n) is 3.68. The Kier molecular flexibility index (Phi) is 3.12. The molecule has 56 valence electrons. The van der Waals surface area contributed by atoms with Crippen molar-refractivity contribution in [2.24, 2.45) is 5.40 Å². The van der Waals surface area contributed by atoms with Crippen molar-refractivity contribution in [3.05, 3.63) is 0 Å². The average Bonchev–Trinajstić information content (AvgIpc) is 1.65. The van der Waals surface area contributed by atoms with Crippen LogP contribution in [-0.2, 0) is 0 Å². The van der Waals surface area contributed by atoms with Gasteiger partial charge in [-0.1, -0.05) is 27.7 Å². The van der Waals surface area contributed by atoms with Crippen molar-refractivity contribution < 1.29 is 0 Å². The molecule has 0 atom stereocenters. The standard InChI is InChI=1S/C6H19NSi2/c1-5(2)9(7,8)6(3)4/h5-6H,7H2,1-4,8H3. The number of hydrogen-bond acceptors (Lipinski definition) is 1. The maximum Gasteiger partial charge on any atom is 0.106 e. The van der Waals surface area contributed by atoms with Crippen LogP contribution in [0.15, 0.2) is 0 Å². The molecule has 0 radical (unpaired) electrons. The molecule has 0 saturated heterocycles. The first-order chi connectivity index (χ1) is 3.89. The molecule has 3 heteroatoms. The second kappa shape index (κ2) is 2.99. The zero-order valence-corrected chi connectivity index (χ0v) is 10.2. The van der Waals surface area contributed by atoms with Gasteiger partial charge in [-0.05, 0) is 11.1 Å². The van der Waals surface area contributed by atoms with Crippen molar-refractivity contribution in [3.63, 3.8) is 0 Å². The van der Waals surface area contributed by atoms with Crippen LogP contribution >= 0.6 is 0 Å². The number of nitrogens with two attached hydrogens (primary N) is 1. The SMILES string of the molecule is CC(C)[Si](N)([SiH3])C(C)C. The van der Waals surface area contributed by atoms with E-state index in [9.17, 15) is 0 Å². The molecule has 0 amide bonds. The Morgan fingerprint density at radius 2 is 1.33 bits per heavy atom. The second-order valence-corrected chi connectivity index (χ2v) is 13.9. The molecule has 0 aliphatic heterocycles. The van der Waals surface area contributed by atoms with Crippen LogP contribution < -0.4 is 5.40 Å². The molecule has 0 aliphatic rings. The third-order valence-electron chi connectivity index (χ3n) is 2.49. The highest BCUT2D eigenvalue weighted by Crippen LogP contribution is 2.23. The number of hydrogen-bond donors (Lipinski definition) is 1. The lowest BCUT2D eigenvalue weighted by Gasteiger charge is -2.30. The van der Waals surface area contributed by atoms with Crippen LogP contribution in [0.2, 0.25) is 11.1 Å². The molecule has 0 heterocycles. The molecule has 0 aromatic rings. The van der Waals surface area contributed by atoms with E-state index < -0.39 is 7.75 Å². The molecule has 0 fully saturated rings. The fourth-order valence-corrected chi connectivity index (χ4v) is 2.00. The molecule has 0 saturated carbocycles. The van der Waals surface area contributed by atoms with Crippen molar-refractivity contribution in [3.8, 4) is 0 Å². The summed E-state index contributed by atoms with van der Waals surface area (Å²) in [5.74, 6) is 0. The lowest BCUT2D eigenvalue weighted by molar-refractivity contribution is 0.918. The molecule has 0 spiro atoms. The molecular weight excluding hydrogens is 142 g/mol. The molecule has 0 rings (SSSR count). The molecule has 0 aromatic heterocycles. The Balaban J connectivity index is 4.01. The van der Waals surface area contributed by atoms with Gasteiger partial charge in [-0.15, -0.1) is 0 Å². The Morgan fingerprint density at radius 1 is 1.11 bits per heavy atom. The maximum atomic E-state index is 6.20. The smallest absolute Gasteiger partial charge is 0.106 e. The van der Waals surface area contributed by atoms with Crippen LogP contribution in [0.5, 0.6) is 0 Å². The van der Waals surface area contributed by atoms with Gasteiger partial charge in [0.05, 0.1) is 0 Å². The summed E-state index contributed by atoms with van der Waals surface area (Å²) in [5.41, 5.74) is 1.54. The fourth-order valence-electron chi connectivity index (χ4n) is 0.667. The van der Waals surface area contributed by atoms with E-state index in [1.54, 1.807) is 0 Å². The molecule has 9 heavy (non-hydrogen) atoms. The summed E-state index contributed by atoms with van der Waals surface area (Å²) >= 11 is 0. The highest BCUT2D eigenvalue weighted by Gasteiger charge is 2.29. The van der Waals surface area contributed by atoms with Gasteiger partial charge in [-0.2, -0.15) is 0 Å². The minimum Gasteiger partial charge on any atom is -0.353 e. The minimum atomic E-state index is -1.22. The fraction of sp³-hybridized carbons (Fsp3) is 1.00. The van der Waals surface area contributed by atoms with Gasteiger partial charge in [0, 0.05) is 9.76 Å². The Labute approximate surface area is 62.3 Å². The van der Waals surface area contributed by atoms with E-state index in [0.717, 1.165) is 11.1 Å². The van der Waals surface area contributed by atoms with Gasteiger partial charge < -0.3 is 5.40 Å². The van der Waals surface area contributed by atoms with Crippen LogP contribution in [0.3, 0.4) is 0 Å². The van der Waals surface area contributed by atoms with Crippen LogP contribution in [0.4, 0.5) is 0 Å². The summed E-state index contributed by atoms with van der Waals surface area (Å²) in [6.45, 7) is 9.05. The van der Waals surface area contributed by atoms with Crippen LogP contribution in [0.1, 0.15) is 27.7 Å². The Bertz CT molecular complexity index is 79.1. The van der Waals surface area contributed by atoms with Crippen LogP contribution in [0, 0.1) is 0 Å². The maximum absolute atomic E-state index is 6.20. The summed E-state index contributed by atoms with van der Waals surface area (Å²) in [6.07, 6.45) is 0. The van der Waals surface area contributed by atoms with Gasteiger partial charge in [0.25, 0.3) is 0 Å². The summed E-state index contributed by atoms with van der Waals surface area (Å²) < 4.78 is 0. The van der Waals surface area contributed by atoms with Gasteiger partial charge >= 0.3 is 0 Å². The predicted octanol–water partition coefficient (Wildman–Crippen LogP) is 0.573. The van der Waals surface area contributed by atoms with Gasteiger partial charge in [-0.3, -0.25) is 0 Å². The zero-order chi connectivity index (χ0) is 7.65. The summed E-state index contributed by atoms with van der Waals surface area (Å²) in [4.78, 5) is 0. The zero-order valence-electron chi connectivity index (χ0n) is 7.23. The summed E-state index contributed by atoms with van der Waals surface area (Å²) in [7, 11) is 0.0147. The molecular formula is C6H19NSi2. The topological polar surface area (TPSA) is 26.0 Å². The lowest BCUT2D eigenvalue weighted by atomic mass is 10.5. The first-order valence-corrected chi connectivity index (χ1v) is 9.41. The second-order valence-electron chi connectivity index (χ2n) is 3.68. The van der Waals surface area contributed by atoms with Gasteiger partial charge in [0.1, 0.15) is 7.75 Å². The van der Waals surface area contributed by atoms with E-state index in [1.165, 1.54) is 9.76 Å². The van der Waals surface area contributed by atoms with Crippen molar-refractivity contribution in [1.82, 2.24) is 0 Å². The lowest BCUT2D eigenvalue weighted by Crippen LogP contribution is -2.52. The van der Waals surface area contributed by atoms with Gasteiger partial charge in [0.15, 0.2) is 0 Å². The molecule has 0 unspecified atom stereocenters. The highest BCUT2D eigenvalue weighted by molar-refractivity contribution is 7.16. The van der Waals surface area contributed by atoms with E-state index in [1.807, 2.05) is 0 Å². The molecule has 0 aliphatic carbocycles. The van der Waals surface area contributed by atoms with Crippen LogP contribution in [0.25, 0.3) is 0 Å². The van der Waals surface area contributed by atoms with Crippen molar-refractivity contribution >= 4 is 17.5 Å². The normalized spacial score (nSPS) is 13.7. The first kappa shape index (κ1) is 9.39. The van der Waals surface area contributed by atoms with E-state index in [4.69, 9.17) is 5.40 Å². The van der Waals surface area contributed by atoms with E-state index in [2.05, 4.69) is 27.7 Å². The van der Waals surface area contributed by atoms with E-state index >= 15 is 0 Å². The average molecular weight is 161 g/mol. The molecule has 1 nitrogen and oxygen atoms in total. The minimum absolute atomic E-state index is 0.768. The highest BCUT2D eigenvalue weighted by atomic mass is 29.2. The largest absolute Gasteiger partial charge is 0.353 e. The molecule has 2 N–H and O–H groups in total. The third-order valence-corrected chi connectivity index (χ3v) is 14.4. The summed E-state index contributed by atoms with van der Waals surface area (Å²) in [6, 6.07) is 0. The van der Waals surface area contributed by atoms with Crippen molar-refractivity contribution in [2.75, 3.05) is 0 Å². The van der Waals surface area contributed by atoms with Crippen molar-refractivity contribution in [1.29, 1.82) is 0 Å². The van der Waals surface area contributed by atoms with Gasteiger partial charge in [-0.25, -0.2) is 0 Å². The Hall–Kier alpha value is 0.394. The summed E-state index contributed by atoms with van der Waals surface area (Å²) in [5, 5.41) is 6.20. The monoisotopic (exact) mass is 161 g/mol. The van der Waals surface area contributed by atoms with Crippen LogP contribution in [-0.4, -0.2) is 17.5 Å². The number of rotatable bonds is 2. The third kappa shape index (κ3) is 2.23.